The first kappa shape index (κ1) is 47.1. The van der Waals surface area contributed by atoms with E-state index in [4.69, 9.17) is 9.72 Å². The van der Waals surface area contributed by atoms with Crippen LogP contribution in [0.25, 0.3) is 21.9 Å². The number of benzene rings is 4. The smallest absolute Gasteiger partial charge is 0.255 e. The number of halogens is 1. The molecular weight excluding hydrogens is 974 g/mol. The zero-order valence-corrected chi connectivity index (χ0v) is 42.1. The highest BCUT2D eigenvalue weighted by molar-refractivity contribution is 9.10. The molecule has 10 rings (SSSR count). The van der Waals surface area contributed by atoms with E-state index in [-0.39, 0.29) is 24.1 Å². The number of fused-ring (bicyclic) bond motifs is 2. The fourth-order valence-corrected chi connectivity index (χ4v) is 12.1. The van der Waals surface area contributed by atoms with E-state index in [1.165, 1.54) is 5.56 Å². The molecule has 1 atom stereocenters. The van der Waals surface area contributed by atoms with Gasteiger partial charge in [-0.15, -0.1) is 0 Å². The molecule has 3 fully saturated rings. The molecule has 19 heteroatoms. The van der Waals surface area contributed by atoms with Crippen molar-refractivity contribution in [2.75, 3.05) is 81.8 Å². The summed E-state index contributed by atoms with van der Waals surface area (Å²) in [6.07, 6.45) is 7.84. The van der Waals surface area contributed by atoms with E-state index in [2.05, 4.69) is 57.8 Å². The van der Waals surface area contributed by atoms with Crippen LogP contribution in [0.2, 0.25) is 0 Å². The van der Waals surface area contributed by atoms with Gasteiger partial charge in [0.15, 0.2) is 0 Å². The van der Waals surface area contributed by atoms with Gasteiger partial charge < -0.3 is 34.6 Å². The first-order chi connectivity index (χ1) is 33.7. The monoisotopic (exact) mass is 1030 g/mol. The average Bonchev–Trinajstić information content (AvgIpc) is 3.93. The molecule has 2 aromatic heterocycles. The largest absolute Gasteiger partial charge is 0.494 e. The molecular formula is C51H55BrN11O6P. The van der Waals surface area contributed by atoms with E-state index in [1.807, 2.05) is 85.0 Å². The van der Waals surface area contributed by atoms with Crippen molar-refractivity contribution in [1.29, 1.82) is 0 Å². The van der Waals surface area contributed by atoms with Gasteiger partial charge in [-0.05, 0) is 108 Å². The highest BCUT2D eigenvalue weighted by Crippen LogP contribution is 2.44. The standard InChI is InChI=1S/C51H55BrN11O6P/c1-59-28-35(26-54-59)38-24-41(56-51-53-27-39(52)48(58-51)55-40-12-10-32-7-5-6-8-36(32)47(40)70(3,4)68)44(69-2)25-43(38)61-19-21-62(22-20-61)46(65)30-60-17-15-31(16-18-60)33-9-11-37-34(23-33)29-63(50(37)67)42-13-14-45(64)57-49(42)66/h5-12,23-28,31,42H,13-22,29-30H2,1-4H3,(H,57,64,66)(H2,53,55,56,58). The molecule has 0 radical (unpaired) electrons. The Balaban J connectivity index is 0.788. The van der Waals surface area contributed by atoms with Gasteiger partial charge >= 0.3 is 0 Å². The predicted molar refractivity (Wildman–Crippen MR) is 274 cm³/mol. The van der Waals surface area contributed by atoms with Crippen LogP contribution in [0.1, 0.15) is 53.1 Å². The fourth-order valence-electron chi connectivity index (χ4n) is 10.3. The van der Waals surface area contributed by atoms with Crippen molar-refractivity contribution in [3.63, 3.8) is 0 Å². The maximum Gasteiger partial charge on any atom is 0.255 e. The highest BCUT2D eigenvalue weighted by atomic mass is 79.9. The molecule has 6 heterocycles. The summed E-state index contributed by atoms with van der Waals surface area (Å²) in [5.74, 6) is 0.959. The van der Waals surface area contributed by atoms with Crippen LogP contribution in [-0.4, -0.2) is 130 Å². The van der Waals surface area contributed by atoms with Gasteiger partial charge in [-0.2, -0.15) is 10.1 Å². The Morgan fingerprint density at radius 2 is 1.69 bits per heavy atom. The van der Waals surface area contributed by atoms with Crippen LogP contribution in [-0.2, 0) is 32.5 Å². The van der Waals surface area contributed by atoms with Crippen molar-refractivity contribution < 1.29 is 28.5 Å². The second-order valence-corrected chi connectivity index (χ2v) is 22.9. The maximum atomic E-state index is 13.8. The van der Waals surface area contributed by atoms with E-state index >= 15 is 0 Å². The topological polar surface area (TPSA) is 187 Å². The van der Waals surface area contributed by atoms with E-state index in [9.17, 15) is 23.7 Å². The lowest BCUT2D eigenvalue weighted by Gasteiger charge is -2.39. The van der Waals surface area contributed by atoms with Crippen LogP contribution in [0.4, 0.5) is 28.8 Å². The van der Waals surface area contributed by atoms with Crippen molar-refractivity contribution >= 4 is 91.6 Å². The van der Waals surface area contributed by atoms with E-state index in [1.54, 1.807) is 36.2 Å². The van der Waals surface area contributed by atoms with Crippen molar-refractivity contribution in [3.8, 4) is 16.9 Å². The third-order valence-corrected chi connectivity index (χ3v) is 16.1. The summed E-state index contributed by atoms with van der Waals surface area (Å²) >= 11 is 3.62. The van der Waals surface area contributed by atoms with Gasteiger partial charge in [0.2, 0.25) is 23.7 Å². The van der Waals surface area contributed by atoms with Crippen molar-refractivity contribution in [3.05, 3.63) is 106 Å². The van der Waals surface area contributed by atoms with Gasteiger partial charge in [0.05, 0.1) is 35.7 Å². The molecule has 4 aliphatic rings. The van der Waals surface area contributed by atoms with E-state index in [0.717, 1.165) is 64.4 Å². The number of hydrogen-bond acceptors (Lipinski definition) is 13. The SMILES string of the molecule is COc1cc(N2CCN(C(=O)CN3CCC(c4ccc5c(c4)CN(C4CCC(=O)NC4=O)C5=O)CC3)CC2)c(-c2cnn(C)c2)cc1Nc1ncc(Br)c(Nc2ccc3ccccc3c2P(C)(C)=O)n1. The quantitative estimate of drug-likeness (QED) is 0.0857. The Morgan fingerprint density at radius 3 is 2.41 bits per heavy atom. The van der Waals surface area contributed by atoms with Crippen molar-refractivity contribution in [2.24, 2.45) is 7.05 Å². The number of carbonyl (C=O) groups excluding carboxylic acids is 4. The summed E-state index contributed by atoms with van der Waals surface area (Å²) in [5.41, 5.74) is 6.86. The number of methoxy groups -OCH3 is 1. The number of carbonyl (C=O) groups is 4. The van der Waals surface area contributed by atoms with E-state index in [0.29, 0.717) is 90.5 Å². The molecule has 0 bridgehead atoms. The minimum Gasteiger partial charge on any atom is -0.494 e. The lowest BCUT2D eigenvalue weighted by molar-refractivity contribution is -0.137. The number of anilines is 5. The molecule has 70 heavy (non-hydrogen) atoms. The van der Waals surface area contributed by atoms with Gasteiger partial charge in [0.1, 0.15) is 24.8 Å². The molecule has 4 aliphatic heterocycles. The number of aryl methyl sites for hydroxylation is 1. The summed E-state index contributed by atoms with van der Waals surface area (Å²) in [7, 11) is 0.792. The lowest BCUT2D eigenvalue weighted by Crippen LogP contribution is -2.52. The van der Waals surface area contributed by atoms with Crippen LogP contribution in [0.3, 0.4) is 0 Å². The third-order valence-electron chi connectivity index (χ3n) is 14.0. The van der Waals surface area contributed by atoms with Gasteiger partial charge in [-0.25, -0.2) is 4.98 Å². The number of rotatable bonds is 12. The molecule has 362 valence electrons. The Kier molecular flexibility index (Phi) is 13.0. The highest BCUT2D eigenvalue weighted by Gasteiger charge is 2.39. The van der Waals surface area contributed by atoms with Crippen LogP contribution in [0.15, 0.2) is 89.8 Å². The second kappa shape index (κ2) is 19.3. The van der Waals surface area contributed by atoms with Crippen LogP contribution >= 0.6 is 23.1 Å². The summed E-state index contributed by atoms with van der Waals surface area (Å²) < 4.78 is 22.1. The summed E-state index contributed by atoms with van der Waals surface area (Å²) in [4.78, 5) is 68.8. The molecule has 0 spiro atoms. The number of amides is 4. The first-order valence-corrected chi connectivity index (χ1v) is 27.0. The molecule has 3 saturated heterocycles. The van der Waals surface area contributed by atoms with Crippen LogP contribution < -0.4 is 30.9 Å². The number of piperazine rings is 1. The zero-order chi connectivity index (χ0) is 48.8. The number of hydrogen-bond donors (Lipinski definition) is 3. The average molecular weight is 1030 g/mol. The molecule has 3 N–H and O–H groups in total. The van der Waals surface area contributed by atoms with Gasteiger partial charge in [0.25, 0.3) is 5.91 Å². The summed E-state index contributed by atoms with van der Waals surface area (Å²) in [6.45, 7) is 8.24. The molecule has 0 aliphatic carbocycles. The Labute approximate surface area is 414 Å². The van der Waals surface area contributed by atoms with Crippen molar-refractivity contribution in [2.45, 2.75) is 44.2 Å². The number of likely N-dealkylation sites (tertiary alicyclic amines) is 1. The molecule has 4 amide bonds. The minimum atomic E-state index is -2.72. The predicted octanol–water partition coefficient (Wildman–Crippen LogP) is 6.83. The first-order valence-electron chi connectivity index (χ1n) is 23.6. The summed E-state index contributed by atoms with van der Waals surface area (Å²) in [5, 5.41) is 16.4. The Hall–Kier alpha value is -6.62. The van der Waals surface area contributed by atoms with Gasteiger partial charge in [-0.3, -0.25) is 34.1 Å². The normalized spacial score (nSPS) is 18.0. The number of aromatic nitrogens is 4. The zero-order valence-electron chi connectivity index (χ0n) is 39.6. The second-order valence-electron chi connectivity index (χ2n) is 18.9. The molecule has 1 unspecified atom stereocenters. The number of piperidine rings is 2. The lowest BCUT2D eigenvalue weighted by atomic mass is 9.88. The summed E-state index contributed by atoms with van der Waals surface area (Å²) in [6, 6.07) is 21.3. The minimum absolute atomic E-state index is 0.117. The Morgan fingerprint density at radius 1 is 0.900 bits per heavy atom. The molecule has 17 nitrogen and oxygen atoms in total. The molecule has 4 aromatic carbocycles. The van der Waals surface area contributed by atoms with E-state index < -0.39 is 19.1 Å². The number of ether oxygens (including phenoxy) is 1. The number of nitrogens with one attached hydrogen (secondary N) is 3. The number of nitrogens with zero attached hydrogens (tertiary/aromatic N) is 8. The van der Waals surface area contributed by atoms with Crippen molar-refractivity contribution in [1.82, 2.24) is 39.8 Å². The molecule has 0 saturated carbocycles. The maximum absolute atomic E-state index is 13.8. The molecule has 6 aromatic rings. The number of imide groups is 1. The fraction of sp³-hybridized carbons (Fsp3) is 0.353. The third kappa shape index (κ3) is 9.51. The van der Waals surface area contributed by atoms with Crippen LogP contribution in [0.5, 0.6) is 5.75 Å². The van der Waals surface area contributed by atoms with Gasteiger partial charge in [0, 0.05) is 92.3 Å². The Bertz CT molecular complexity index is 3110. The van der Waals surface area contributed by atoms with Crippen LogP contribution in [0, 0.1) is 0 Å². The van der Waals surface area contributed by atoms with Gasteiger partial charge in [-0.1, -0.05) is 42.5 Å².